The van der Waals surface area contributed by atoms with Crippen LogP contribution in [0.25, 0.3) is 111 Å². The average molecular weight is 702 g/mol. The standard InChI is InChI=1S/C51H31N3O/c1-2-10-32(11-3-1)40-25-26-41-31-45(47-43-16-8-9-17-46(43)55-48(47)44(41)30-40)51-53-49(52-50(54-51)42-27-21-34-13-5-7-15-38(34)29-42)36-22-18-35(19-23-36)39-24-20-33-12-4-6-14-37(33)28-39/h1-31H. The largest absolute Gasteiger partial charge is 0.455 e. The van der Waals surface area contributed by atoms with Crippen molar-refractivity contribution >= 4 is 54.3 Å². The summed E-state index contributed by atoms with van der Waals surface area (Å²) in [5, 5.41) is 8.85. The van der Waals surface area contributed by atoms with Gasteiger partial charge in [-0.3, -0.25) is 0 Å². The van der Waals surface area contributed by atoms with Gasteiger partial charge in [-0.2, -0.15) is 0 Å². The van der Waals surface area contributed by atoms with E-state index in [1.807, 2.05) is 18.2 Å². The molecule has 0 radical (unpaired) electrons. The first-order chi connectivity index (χ1) is 27.2. The second kappa shape index (κ2) is 12.6. The Morgan fingerprint density at radius 2 is 0.818 bits per heavy atom. The van der Waals surface area contributed by atoms with E-state index in [1.54, 1.807) is 0 Å². The highest BCUT2D eigenvalue weighted by Crippen LogP contribution is 2.42. The number of rotatable bonds is 5. The number of benzene rings is 9. The summed E-state index contributed by atoms with van der Waals surface area (Å²) in [5.41, 5.74) is 8.98. The molecule has 0 aliphatic heterocycles. The fourth-order valence-electron chi connectivity index (χ4n) is 7.86. The van der Waals surface area contributed by atoms with Gasteiger partial charge in [0.1, 0.15) is 11.2 Å². The van der Waals surface area contributed by atoms with Gasteiger partial charge < -0.3 is 4.42 Å². The summed E-state index contributed by atoms with van der Waals surface area (Å²) in [6.07, 6.45) is 0. The molecule has 0 N–H and O–H groups in total. The van der Waals surface area contributed by atoms with Gasteiger partial charge in [-0.25, -0.2) is 15.0 Å². The molecule has 55 heavy (non-hydrogen) atoms. The first kappa shape index (κ1) is 31.1. The smallest absolute Gasteiger partial charge is 0.164 e. The third-order valence-electron chi connectivity index (χ3n) is 10.7. The number of aromatic nitrogens is 3. The Hall–Kier alpha value is -7.43. The van der Waals surface area contributed by atoms with Gasteiger partial charge in [0.25, 0.3) is 0 Å². The van der Waals surface area contributed by atoms with Crippen LogP contribution in [0, 0.1) is 0 Å². The molecule has 11 rings (SSSR count). The molecule has 0 aliphatic carbocycles. The minimum atomic E-state index is 0.595. The van der Waals surface area contributed by atoms with E-state index >= 15 is 0 Å². The van der Waals surface area contributed by atoms with Gasteiger partial charge in [-0.1, -0.05) is 158 Å². The molecule has 0 bridgehead atoms. The van der Waals surface area contributed by atoms with Crippen LogP contribution in [0.2, 0.25) is 0 Å². The molecule has 0 saturated carbocycles. The molecule has 0 saturated heterocycles. The van der Waals surface area contributed by atoms with Crippen molar-refractivity contribution in [2.45, 2.75) is 0 Å². The lowest BCUT2D eigenvalue weighted by molar-refractivity contribution is 0.672. The fourth-order valence-corrected chi connectivity index (χ4v) is 7.86. The summed E-state index contributed by atoms with van der Waals surface area (Å²) < 4.78 is 6.71. The zero-order valence-corrected chi connectivity index (χ0v) is 29.6. The lowest BCUT2D eigenvalue weighted by atomic mass is 9.96. The summed E-state index contributed by atoms with van der Waals surface area (Å²) in [6.45, 7) is 0. The normalized spacial score (nSPS) is 11.6. The Morgan fingerprint density at radius 1 is 0.309 bits per heavy atom. The number of fused-ring (bicyclic) bond motifs is 7. The summed E-state index contributed by atoms with van der Waals surface area (Å²) >= 11 is 0. The van der Waals surface area contributed by atoms with E-state index in [-0.39, 0.29) is 0 Å². The predicted octanol–water partition coefficient (Wildman–Crippen LogP) is 13.6. The molecular weight excluding hydrogens is 671 g/mol. The van der Waals surface area contributed by atoms with Crippen LogP contribution in [0.5, 0.6) is 0 Å². The third-order valence-corrected chi connectivity index (χ3v) is 10.7. The molecule has 2 aromatic heterocycles. The number of nitrogens with zero attached hydrogens (tertiary/aromatic N) is 3. The Kier molecular flexibility index (Phi) is 7.14. The highest BCUT2D eigenvalue weighted by atomic mass is 16.3. The molecular formula is C51H31N3O. The van der Waals surface area contributed by atoms with E-state index < -0.39 is 0 Å². The molecule has 9 aromatic carbocycles. The number of hydrogen-bond acceptors (Lipinski definition) is 4. The summed E-state index contributed by atoms with van der Waals surface area (Å²) in [6, 6.07) is 65.8. The topological polar surface area (TPSA) is 51.8 Å². The highest BCUT2D eigenvalue weighted by Gasteiger charge is 2.21. The molecule has 0 atom stereocenters. The van der Waals surface area contributed by atoms with Crippen LogP contribution in [0.1, 0.15) is 0 Å². The van der Waals surface area contributed by atoms with Gasteiger partial charge in [0.2, 0.25) is 0 Å². The molecule has 4 nitrogen and oxygen atoms in total. The molecule has 0 unspecified atom stereocenters. The molecule has 0 fully saturated rings. The first-order valence-electron chi connectivity index (χ1n) is 18.5. The maximum Gasteiger partial charge on any atom is 0.164 e. The second-order valence-corrected chi connectivity index (χ2v) is 14.0. The van der Waals surface area contributed by atoms with Crippen molar-refractivity contribution in [1.29, 1.82) is 0 Å². The van der Waals surface area contributed by atoms with E-state index in [9.17, 15) is 0 Å². The maximum atomic E-state index is 6.71. The van der Waals surface area contributed by atoms with Crippen LogP contribution in [-0.4, -0.2) is 15.0 Å². The molecule has 0 aliphatic rings. The van der Waals surface area contributed by atoms with Crippen LogP contribution in [0.15, 0.2) is 192 Å². The number of para-hydroxylation sites is 1. The average Bonchev–Trinajstić information content (AvgIpc) is 3.66. The van der Waals surface area contributed by atoms with E-state index in [1.165, 1.54) is 21.7 Å². The zero-order chi connectivity index (χ0) is 36.3. The van der Waals surface area contributed by atoms with Gasteiger partial charge in [0.15, 0.2) is 17.5 Å². The Bertz CT molecular complexity index is 3260. The Labute approximate surface area is 317 Å². The lowest BCUT2D eigenvalue weighted by Gasteiger charge is -2.12. The van der Waals surface area contributed by atoms with E-state index in [4.69, 9.17) is 19.4 Å². The molecule has 11 aromatic rings. The molecule has 4 heteroatoms. The first-order valence-corrected chi connectivity index (χ1v) is 18.5. The lowest BCUT2D eigenvalue weighted by Crippen LogP contribution is -2.00. The zero-order valence-electron chi connectivity index (χ0n) is 29.6. The van der Waals surface area contributed by atoms with Crippen LogP contribution >= 0.6 is 0 Å². The predicted molar refractivity (Wildman–Crippen MR) is 227 cm³/mol. The second-order valence-electron chi connectivity index (χ2n) is 14.0. The Balaban J connectivity index is 1.12. The van der Waals surface area contributed by atoms with Crippen molar-refractivity contribution in [2.75, 3.05) is 0 Å². The van der Waals surface area contributed by atoms with Crippen molar-refractivity contribution in [2.24, 2.45) is 0 Å². The van der Waals surface area contributed by atoms with Gasteiger partial charge in [-0.05, 0) is 79.5 Å². The minimum Gasteiger partial charge on any atom is -0.455 e. The minimum absolute atomic E-state index is 0.595. The summed E-state index contributed by atoms with van der Waals surface area (Å²) in [5.74, 6) is 1.82. The maximum absolute atomic E-state index is 6.71. The fraction of sp³-hybridized carbons (Fsp3) is 0. The van der Waals surface area contributed by atoms with Crippen LogP contribution in [0.4, 0.5) is 0 Å². The monoisotopic (exact) mass is 701 g/mol. The number of hydrogen-bond donors (Lipinski definition) is 0. The van der Waals surface area contributed by atoms with Crippen molar-refractivity contribution < 1.29 is 4.42 Å². The molecule has 0 spiro atoms. The van der Waals surface area contributed by atoms with E-state index in [0.29, 0.717) is 17.5 Å². The molecule has 0 amide bonds. The molecule has 2 heterocycles. The summed E-state index contributed by atoms with van der Waals surface area (Å²) in [7, 11) is 0. The van der Waals surface area contributed by atoms with Crippen molar-refractivity contribution in [3.8, 4) is 56.4 Å². The SMILES string of the molecule is c1ccc(-c2ccc3cc(-c4nc(-c5ccc(-c6ccc7ccccc7c6)cc5)nc(-c5ccc6ccccc6c5)n4)c4c5ccccc5oc4c3c2)cc1. The highest BCUT2D eigenvalue weighted by molar-refractivity contribution is 6.21. The van der Waals surface area contributed by atoms with E-state index in [2.05, 4.69) is 170 Å². The third kappa shape index (κ3) is 5.43. The van der Waals surface area contributed by atoms with Crippen LogP contribution < -0.4 is 0 Å². The van der Waals surface area contributed by atoms with Crippen molar-refractivity contribution in [3.05, 3.63) is 188 Å². The van der Waals surface area contributed by atoms with Crippen LogP contribution in [0.3, 0.4) is 0 Å². The quantitative estimate of drug-likeness (QED) is 0.179. The van der Waals surface area contributed by atoms with E-state index in [0.717, 1.165) is 71.5 Å². The van der Waals surface area contributed by atoms with Gasteiger partial charge >= 0.3 is 0 Å². The molecule has 256 valence electrons. The number of furan rings is 1. The van der Waals surface area contributed by atoms with Crippen LogP contribution in [-0.2, 0) is 0 Å². The van der Waals surface area contributed by atoms with Gasteiger partial charge in [0.05, 0.1) is 0 Å². The van der Waals surface area contributed by atoms with Gasteiger partial charge in [0, 0.05) is 32.8 Å². The van der Waals surface area contributed by atoms with Crippen molar-refractivity contribution in [3.63, 3.8) is 0 Å². The Morgan fingerprint density at radius 3 is 1.56 bits per heavy atom. The van der Waals surface area contributed by atoms with Crippen molar-refractivity contribution in [1.82, 2.24) is 15.0 Å². The summed E-state index contributed by atoms with van der Waals surface area (Å²) in [4.78, 5) is 15.6. The van der Waals surface area contributed by atoms with Gasteiger partial charge in [-0.15, -0.1) is 0 Å².